The Kier molecular flexibility index (Phi) is 10.3. The van der Waals surface area contributed by atoms with Gasteiger partial charge in [0, 0.05) is 30.8 Å². The van der Waals surface area contributed by atoms with Gasteiger partial charge in [-0.05, 0) is 37.4 Å². The molecule has 1 N–H and O–H groups in total. The predicted molar refractivity (Wildman–Crippen MR) is 111 cm³/mol. The van der Waals surface area contributed by atoms with E-state index in [4.69, 9.17) is 9.84 Å². The number of carbonyl (C=O) groups excluding carboxylic acids is 1. The summed E-state index contributed by atoms with van der Waals surface area (Å²) in [5.74, 6) is -1.55. The predicted octanol–water partition coefficient (Wildman–Crippen LogP) is 3.39. The van der Waals surface area contributed by atoms with Crippen LogP contribution < -0.4 is 0 Å². The van der Waals surface area contributed by atoms with Crippen molar-refractivity contribution >= 4 is 23.3 Å². The van der Waals surface area contributed by atoms with Gasteiger partial charge in [0.15, 0.2) is 0 Å². The van der Waals surface area contributed by atoms with Crippen LogP contribution in [0.5, 0.6) is 0 Å². The zero-order chi connectivity index (χ0) is 23.4. The summed E-state index contributed by atoms with van der Waals surface area (Å²) in [6.07, 6.45) is 0. The lowest BCUT2D eigenvalue weighted by atomic mass is 10.2. The molecule has 0 spiro atoms. The van der Waals surface area contributed by atoms with E-state index in [0.717, 1.165) is 25.2 Å². The van der Waals surface area contributed by atoms with E-state index < -0.39 is 21.8 Å². The van der Waals surface area contributed by atoms with Gasteiger partial charge in [0.05, 0.1) is 21.0 Å². The van der Waals surface area contributed by atoms with E-state index in [0.29, 0.717) is 18.7 Å². The first kappa shape index (κ1) is 25.2. The third-order valence-corrected chi connectivity index (χ3v) is 4.17. The molecule has 2 aromatic carbocycles. The van der Waals surface area contributed by atoms with Gasteiger partial charge in [0.25, 0.3) is 11.4 Å². The van der Waals surface area contributed by atoms with Crippen LogP contribution in [0.3, 0.4) is 0 Å². The molecule has 0 heterocycles. The van der Waals surface area contributed by atoms with Crippen molar-refractivity contribution in [2.45, 2.75) is 13.8 Å². The van der Waals surface area contributed by atoms with E-state index in [1.807, 2.05) is 13.8 Å². The summed E-state index contributed by atoms with van der Waals surface area (Å²) in [5.41, 5.74) is 0.213. The number of aromatic carboxylic acids is 1. The van der Waals surface area contributed by atoms with E-state index >= 15 is 0 Å². The molecule has 0 fully saturated rings. The summed E-state index contributed by atoms with van der Waals surface area (Å²) in [6.45, 7) is 6.91. The number of likely N-dealkylation sites (N-methyl/N-ethyl adjacent to an activating group) is 1. The van der Waals surface area contributed by atoms with Crippen molar-refractivity contribution in [2.75, 3.05) is 26.2 Å². The Hall–Kier alpha value is -3.86. The highest BCUT2D eigenvalue weighted by atomic mass is 16.6. The molecule has 166 valence electrons. The first-order valence-electron chi connectivity index (χ1n) is 9.31. The average Bonchev–Trinajstić information content (AvgIpc) is 2.77. The van der Waals surface area contributed by atoms with E-state index in [1.165, 1.54) is 36.4 Å². The minimum Gasteiger partial charge on any atom is -0.478 e. The number of non-ortho nitro benzene ring substituents is 2. The maximum atomic E-state index is 11.7. The number of esters is 1. The molecule has 11 heteroatoms. The Labute approximate surface area is 178 Å². The summed E-state index contributed by atoms with van der Waals surface area (Å²) in [7, 11) is 0. The highest BCUT2D eigenvalue weighted by molar-refractivity contribution is 5.89. The number of hydrogen-bond acceptors (Lipinski definition) is 8. The number of carbonyl (C=O) groups is 2. The van der Waals surface area contributed by atoms with Crippen molar-refractivity contribution in [3.8, 4) is 0 Å². The molecule has 2 aromatic rings. The summed E-state index contributed by atoms with van der Waals surface area (Å²) >= 11 is 0. The maximum Gasteiger partial charge on any atom is 0.338 e. The van der Waals surface area contributed by atoms with Crippen LogP contribution in [-0.4, -0.2) is 58.0 Å². The van der Waals surface area contributed by atoms with Crippen LogP contribution >= 0.6 is 0 Å². The van der Waals surface area contributed by atoms with Crippen molar-refractivity contribution in [1.82, 2.24) is 4.90 Å². The van der Waals surface area contributed by atoms with Crippen molar-refractivity contribution in [1.29, 1.82) is 0 Å². The van der Waals surface area contributed by atoms with Crippen LogP contribution in [0.4, 0.5) is 11.4 Å². The molecule has 31 heavy (non-hydrogen) atoms. The molecule has 0 aromatic heterocycles. The number of nitro benzene ring substituents is 2. The first-order chi connectivity index (χ1) is 14.7. The van der Waals surface area contributed by atoms with Gasteiger partial charge < -0.3 is 14.7 Å². The van der Waals surface area contributed by atoms with Crippen LogP contribution in [0, 0.1) is 20.2 Å². The quantitative estimate of drug-likeness (QED) is 0.356. The standard InChI is InChI=1S/C13H18N2O4.C7H5NO4/c1-3-14(4-2)9-10-19-13(16)11-5-7-12(8-6-11)15(17)18;9-7(10)5-1-3-6(4-2-5)8(11)12/h5-8H,3-4,9-10H2,1-2H3;1-4H,(H,9,10). The number of ether oxygens (including phenoxy) is 1. The molecule has 0 bridgehead atoms. The number of hydrogen-bond donors (Lipinski definition) is 1. The molecular formula is C20H23N3O8. The SMILES string of the molecule is CCN(CC)CCOC(=O)c1ccc([N+](=O)[O-])cc1.O=C(O)c1ccc([N+](=O)[O-])cc1. The van der Waals surface area contributed by atoms with Gasteiger partial charge in [-0.25, -0.2) is 9.59 Å². The highest BCUT2D eigenvalue weighted by Crippen LogP contribution is 2.13. The van der Waals surface area contributed by atoms with Crippen molar-refractivity contribution in [3.05, 3.63) is 79.9 Å². The Morgan fingerprint density at radius 1 is 0.871 bits per heavy atom. The molecule has 0 aliphatic rings. The number of nitrogens with zero attached hydrogens (tertiary/aromatic N) is 3. The fraction of sp³-hybridized carbons (Fsp3) is 0.300. The van der Waals surface area contributed by atoms with Gasteiger partial charge in [-0.15, -0.1) is 0 Å². The number of nitro groups is 2. The van der Waals surface area contributed by atoms with E-state index in [-0.39, 0.29) is 16.9 Å². The molecule has 0 unspecified atom stereocenters. The smallest absolute Gasteiger partial charge is 0.338 e. The van der Waals surface area contributed by atoms with Gasteiger partial charge in [0.1, 0.15) is 6.61 Å². The lowest BCUT2D eigenvalue weighted by molar-refractivity contribution is -0.385. The summed E-state index contributed by atoms with van der Waals surface area (Å²) in [6, 6.07) is 10.1. The number of benzene rings is 2. The minimum absolute atomic E-state index is 0.0420. The van der Waals surface area contributed by atoms with E-state index in [9.17, 15) is 29.8 Å². The molecule has 0 aliphatic carbocycles. The number of carboxylic acid groups (broad SMARTS) is 1. The first-order valence-corrected chi connectivity index (χ1v) is 9.31. The van der Waals surface area contributed by atoms with Crippen LogP contribution in [0.15, 0.2) is 48.5 Å². The van der Waals surface area contributed by atoms with Crippen LogP contribution in [0.1, 0.15) is 34.6 Å². The Bertz CT molecular complexity index is 861. The summed E-state index contributed by atoms with van der Waals surface area (Å²) in [5, 5.41) is 29.1. The largest absolute Gasteiger partial charge is 0.478 e. The Morgan fingerprint density at radius 2 is 1.29 bits per heavy atom. The molecule has 2 rings (SSSR count). The van der Waals surface area contributed by atoms with Crippen molar-refractivity contribution < 1.29 is 29.3 Å². The molecule has 0 saturated carbocycles. The molecule has 0 aliphatic heterocycles. The molecule has 11 nitrogen and oxygen atoms in total. The number of carboxylic acids is 1. The lowest BCUT2D eigenvalue weighted by Crippen LogP contribution is -2.27. The summed E-state index contributed by atoms with van der Waals surface area (Å²) in [4.78, 5) is 43.7. The second kappa shape index (κ2) is 12.6. The van der Waals surface area contributed by atoms with Crippen LogP contribution in [0.25, 0.3) is 0 Å². The van der Waals surface area contributed by atoms with Gasteiger partial charge in [-0.1, -0.05) is 13.8 Å². The molecule has 0 atom stereocenters. The van der Waals surface area contributed by atoms with Gasteiger partial charge in [-0.2, -0.15) is 0 Å². The van der Waals surface area contributed by atoms with E-state index in [2.05, 4.69) is 4.90 Å². The average molecular weight is 433 g/mol. The zero-order valence-corrected chi connectivity index (χ0v) is 17.1. The normalized spacial score (nSPS) is 10.0. The Morgan fingerprint density at radius 3 is 1.65 bits per heavy atom. The molecular weight excluding hydrogens is 410 g/mol. The molecule has 0 saturated heterocycles. The van der Waals surface area contributed by atoms with Crippen LogP contribution in [-0.2, 0) is 4.74 Å². The third kappa shape index (κ3) is 8.58. The van der Waals surface area contributed by atoms with Crippen molar-refractivity contribution in [2.24, 2.45) is 0 Å². The lowest BCUT2D eigenvalue weighted by Gasteiger charge is -2.17. The Balaban J connectivity index is 0.000000343. The second-order valence-electron chi connectivity index (χ2n) is 6.08. The maximum absolute atomic E-state index is 11.7. The summed E-state index contributed by atoms with van der Waals surface area (Å²) < 4.78 is 5.11. The van der Waals surface area contributed by atoms with Crippen LogP contribution in [0.2, 0.25) is 0 Å². The molecule has 0 radical (unpaired) electrons. The van der Waals surface area contributed by atoms with Crippen molar-refractivity contribution in [3.63, 3.8) is 0 Å². The molecule has 0 amide bonds. The second-order valence-corrected chi connectivity index (χ2v) is 6.08. The number of rotatable bonds is 9. The fourth-order valence-corrected chi connectivity index (χ4v) is 2.34. The highest BCUT2D eigenvalue weighted by Gasteiger charge is 2.11. The van der Waals surface area contributed by atoms with Gasteiger partial charge in [0.2, 0.25) is 0 Å². The fourth-order valence-electron chi connectivity index (χ4n) is 2.34. The topological polar surface area (TPSA) is 153 Å². The van der Waals surface area contributed by atoms with Gasteiger partial charge in [-0.3, -0.25) is 20.2 Å². The minimum atomic E-state index is -1.09. The third-order valence-electron chi connectivity index (χ3n) is 4.17. The zero-order valence-electron chi connectivity index (χ0n) is 17.1. The monoisotopic (exact) mass is 433 g/mol. The van der Waals surface area contributed by atoms with Gasteiger partial charge >= 0.3 is 11.9 Å². The van der Waals surface area contributed by atoms with E-state index in [1.54, 1.807) is 0 Å².